The van der Waals surface area contributed by atoms with Gasteiger partial charge in [-0.3, -0.25) is 0 Å². The Morgan fingerprint density at radius 1 is 0.846 bits per heavy atom. The quantitative estimate of drug-likeness (QED) is 0.698. The summed E-state index contributed by atoms with van der Waals surface area (Å²) in [5.41, 5.74) is -0.683. The van der Waals surface area contributed by atoms with Crippen LogP contribution >= 0.6 is 0 Å². The zero-order valence-electron chi connectivity index (χ0n) is 10.4. The zero-order chi connectivity index (χ0) is 10.9. The summed E-state index contributed by atoms with van der Waals surface area (Å²) in [5, 5.41) is 10.7. The van der Waals surface area contributed by atoms with Crippen LogP contribution in [0.25, 0.3) is 0 Å². The molecular formula is C12H26O. The highest BCUT2D eigenvalue weighted by atomic mass is 16.3. The van der Waals surface area contributed by atoms with E-state index in [0.717, 1.165) is 12.8 Å². The molecule has 0 spiro atoms. The van der Waals surface area contributed by atoms with E-state index < -0.39 is 5.60 Å². The van der Waals surface area contributed by atoms with Gasteiger partial charge < -0.3 is 5.11 Å². The van der Waals surface area contributed by atoms with Crippen LogP contribution in [0.3, 0.4) is 0 Å². The Labute approximate surface area is 83.5 Å². The predicted molar refractivity (Wildman–Crippen MR) is 58.8 cm³/mol. The van der Waals surface area contributed by atoms with Gasteiger partial charge in [0.2, 0.25) is 0 Å². The summed E-state index contributed by atoms with van der Waals surface area (Å²) in [4.78, 5) is 0. The molecule has 0 fully saturated rings. The van der Waals surface area contributed by atoms with E-state index in [1.807, 2.05) is 0 Å². The molecule has 0 radical (unpaired) electrons. The first kappa shape index (κ1) is 13.0. The van der Waals surface area contributed by atoms with Gasteiger partial charge in [-0.25, -0.2) is 0 Å². The van der Waals surface area contributed by atoms with E-state index in [0.29, 0.717) is 0 Å². The van der Waals surface area contributed by atoms with Gasteiger partial charge >= 0.3 is 0 Å². The SMILES string of the molecule is CCCC(O)(C(C)(C)C)C(C)(C)C. The fourth-order valence-corrected chi connectivity index (χ4v) is 2.24. The molecule has 0 aromatic rings. The van der Waals surface area contributed by atoms with E-state index in [4.69, 9.17) is 0 Å². The standard InChI is InChI=1S/C12H26O/c1-8-9-12(13,10(2,3)4)11(5,6)7/h13H,8-9H2,1-7H3. The average molecular weight is 186 g/mol. The highest BCUT2D eigenvalue weighted by Gasteiger charge is 2.48. The molecule has 1 nitrogen and oxygen atoms in total. The van der Waals surface area contributed by atoms with E-state index in [1.54, 1.807) is 0 Å². The molecule has 0 aliphatic heterocycles. The highest BCUT2D eigenvalue weighted by molar-refractivity contribution is 4.98. The van der Waals surface area contributed by atoms with Crippen molar-refractivity contribution in [2.75, 3.05) is 0 Å². The Kier molecular flexibility index (Phi) is 3.59. The van der Waals surface area contributed by atoms with Crippen molar-refractivity contribution in [1.29, 1.82) is 0 Å². The van der Waals surface area contributed by atoms with Gasteiger partial charge in [-0.15, -0.1) is 0 Å². The summed E-state index contributed by atoms with van der Waals surface area (Å²) in [6.07, 6.45) is 1.91. The summed E-state index contributed by atoms with van der Waals surface area (Å²) >= 11 is 0. The maximum absolute atomic E-state index is 10.7. The molecule has 0 rings (SSSR count). The van der Waals surface area contributed by atoms with E-state index >= 15 is 0 Å². The lowest BCUT2D eigenvalue weighted by Gasteiger charge is -2.49. The van der Waals surface area contributed by atoms with Crippen molar-refractivity contribution in [1.82, 2.24) is 0 Å². The molecule has 0 aliphatic rings. The third kappa shape index (κ3) is 2.46. The molecule has 0 heterocycles. The van der Waals surface area contributed by atoms with Crippen molar-refractivity contribution in [2.45, 2.75) is 66.9 Å². The molecule has 1 heteroatoms. The first-order valence-corrected chi connectivity index (χ1v) is 5.28. The Hall–Kier alpha value is -0.0400. The Morgan fingerprint density at radius 3 is 1.23 bits per heavy atom. The minimum atomic E-state index is -0.575. The fourth-order valence-electron chi connectivity index (χ4n) is 2.24. The second-order valence-corrected chi connectivity index (χ2v) is 6.11. The molecule has 0 amide bonds. The Balaban J connectivity index is 4.96. The van der Waals surface area contributed by atoms with Crippen molar-refractivity contribution in [2.24, 2.45) is 10.8 Å². The van der Waals surface area contributed by atoms with E-state index in [2.05, 4.69) is 48.5 Å². The fraction of sp³-hybridized carbons (Fsp3) is 1.00. The largest absolute Gasteiger partial charge is 0.389 e. The van der Waals surface area contributed by atoms with Crippen LogP contribution in [-0.4, -0.2) is 10.7 Å². The lowest BCUT2D eigenvalue weighted by atomic mass is 9.61. The monoisotopic (exact) mass is 186 g/mol. The number of hydrogen-bond acceptors (Lipinski definition) is 1. The maximum atomic E-state index is 10.7. The van der Waals surface area contributed by atoms with Crippen molar-refractivity contribution >= 4 is 0 Å². The van der Waals surface area contributed by atoms with Gasteiger partial charge in [0.1, 0.15) is 0 Å². The van der Waals surface area contributed by atoms with Crippen LogP contribution in [0.5, 0.6) is 0 Å². The highest BCUT2D eigenvalue weighted by Crippen LogP contribution is 2.46. The summed E-state index contributed by atoms with van der Waals surface area (Å²) in [6.45, 7) is 14.8. The Bertz CT molecular complexity index is 143. The molecule has 0 unspecified atom stereocenters. The maximum Gasteiger partial charge on any atom is 0.0743 e. The first-order chi connectivity index (χ1) is 5.56. The molecule has 0 bridgehead atoms. The molecule has 0 atom stereocenters. The van der Waals surface area contributed by atoms with Gasteiger partial charge in [0, 0.05) is 0 Å². The molecule has 80 valence electrons. The van der Waals surface area contributed by atoms with E-state index in [1.165, 1.54) is 0 Å². The third-order valence-corrected chi connectivity index (χ3v) is 3.09. The van der Waals surface area contributed by atoms with Crippen LogP contribution in [0.4, 0.5) is 0 Å². The van der Waals surface area contributed by atoms with Crippen LogP contribution in [0.2, 0.25) is 0 Å². The molecule has 0 saturated carbocycles. The third-order valence-electron chi connectivity index (χ3n) is 3.09. The van der Waals surface area contributed by atoms with Gasteiger partial charge in [0.05, 0.1) is 5.60 Å². The minimum absolute atomic E-state index is 0.0543. The molecule has 1 N–H and O–H groups in total. The van der Waals surface area contributed by atoms with Gasteiger partial charge in [-0.05, 0) is 17.3 Å². The molecule has 0 aliphatic carbocycles. The molecular weight excluding hydrogens is 160 g/mol. The normalized spacial score (nSPS) is 14.8. The summed E-state index contributed by atoms with van der Waals surface area (Å²) in [5.74, 6) is 0. The average Bonchev–Trinajstić information content (AvgIpc) is 1.82. The minimum Gasteiger partial charge on any atom is -0.389 e. The van der Waals surface area contributed by atoms with Crippen LogP contribution in [0.15, 0.2) is 0 Å². The van der Waals surface area contributed by atoms with Crippen molar-refractivity contribution in [3.63, 3.8) is 0 Å². The van der Waals surface area contributed by atoms with Crippen LogP contribution < -0.4 is 0 Å². The van der Waals surface area contributed by atoms with Crippen molar-refractivity contribution in [3.05, 3.63) is 0 Å². The summed E-state index contributed by atoms with van der Waals surface area (Å²) in [7, 11) is 0. The molecule has 13 heavy (non-hydrogen) atoms. The van der Waals surface area contributed by atoms with E-state index in [9.17, 15) is 5.11 Å². The summed E-state index contributed by atoms with van der Waals surface area (Å²) < 4.78 is 0. The van der Waals surface area contributed by atoms with E-state index in [-0.39, 0.29) is 10.8 Å². The topological polar surface area (TPSA) is 20.2 Å². The number of hydrogen-bond donors (Lipinski definition) is 1. The predicted octanol–water partition coefficient (Wildman–Crippen LogP) is 3.61. The lowest BCUT2D eigenvalue weighted by molar-refractivity contribution is -0.142. The smallest absolute Gasteiger partial charge is 0.0743 e. The van der Waals surface area contributed by atoms with Gasteiger partial charge in [0.25, 0.3) is 0 Å². The van der Waals surface area contributed by atoms with Crippen molar-refractivity contribution < 1.29 is 5.11 Å². The molecule has 0 aromatic heterocycles. The molecule has 0 saturated heterocycles. The van der Waals surface area contributed by atoms with Gasteiger partial charge in [-0.1, -0.05) is 54.9 Å². The van der Waals surface area contributed by atoms with Gasteiger partial charge in [0.15, 0.2) is 0 Å². The first-order valence-electron chi connectivity index (χ1n) is 5.28. The zero-order valence-corrected chi connectivity index (χ0v) is 10.4. The van der Waals surface area contributed by atoms with Gasteiger partial charge in [-0.2, -0.15) is 0 Å². The Morgan fingerprint density at radius 2 is 1.15 bits per heavy atom. The van der Waals surface area contributed by atoms with Crippen molar-refractivity contribution in [3.8, 4) is 0 Å². The summed E-state index contributed by atoms with van der Waals surface area (Å²) in [6, 6.07) is 0. The van der Waals surface area contributed by atoms with Crippen LogP contribution in [0, 0.1) is 10.8 Å². The second-order valence-electron chi connectivity index (χ2n) is 6.11. The number of rotatable bonds is 2. The van der Waals surface area contributed by atoms with Crippen LogP contribution in [-0.2, 0) is 0 Å². The second kappa shape index (κ2) is 3.61. The lowest BCUT2D eigenvalue weighted by Crippen LogP contribution is -2.52. The number of aliphatic hydroxyl groups is 1. The molecule has 0 aromatic carbocycles. The van der Waals surface area contributed by atoms with Crippen LogP contribution in [0.1, 0.15) is 61.3 Å².